The van der Waals surface area contributed by atoms with Crippen LogP contribution >= 0.6 is 24.8 Å². The van der Waals surface area contributed by atoms with Crippen LogP contribution in [-0.2, 0) is 11.2 Å². The molecule has 0 spiro atoms. The minimum Gasteiger partial charge on any atom is -0.355 e. The second-order valence-corrected chi connectivity index (χ2v) is 5.59. The van der Waals surface area contributed by atoms with Gasteiger partial charge in [-0.1, -0.05) is 24.3 Å². The summed E-state index contributed by atoms with van der Waals surface area (Å²) in [5.74, 6) is -0.00630. The predicted octanol–water partition coefficient (Wildman–Crippen LogP) is 2.72. The maximum absolute atomic E-state index is 11.9. The number of rotatable bonds is 5. The van der Waals surface area contributed by atoms with Gasteiger partial charge in [0.15, 0.2) is 0 Å². The van der Waals surface area contributed by atoms with Crippen LogP contribution in [0.5, 0.6) is 0 Å². The summed E-state index contributed by atoms with van der Waals surface area (Å²) in [5, 5.41) is 4.06. The summed E-state index contributed by atoms with van der Waals surface area (Å²) in [6.07, 6.45) is 2.56. The third kappa shape index (κ3) is 4.83. The molecule has 0 saturated heterocycles. The number of nitrogens with two attached hydrogens (primary N) is 1. The van der Waals surface area contributed by atoms with Gasteiger partial charge < -0.3 is 11.1 Å². The average Bonchev–Trinajstić information content (AvgIpc) is 2.47. The number of para-hydroxylation sites is 1. The Hall–Kier alpha value is -1.36. The van der Waals surface area contributed by atoms with Crippen molar-refractivity contribution >= 4 is 41.6 Å². The molecule has 2 rings (SSSR count). The Morgan fingerprint density at radius 2 is 1.91 bits per heavy atom. The Balaban J connectivity index is 0.00000220. The maximum atomic E-state index is 11.9. The van der Waals surface area contributed by atoms with E-state index >= 15 is 0 Å². The van der Waals surface area contributed by atoms with Crippen LogP contribution in [0.25, 0.3) is 10.9 Å². The number of hydrogen-bond acceptors (Lipinski definition) is 3. The minimum absolute atomic E-state index is 0. The molecule has 0 bridgehead atoms. The lowest BCUT2D eigenvalue weighted by Crippen LogP contribution is -2.42. The molecule has 1 aromatic heterocycles. The third-order valence-electron chi connectivity index (χ3n) is 3.52. The molecule has 0 radical (unpaired) electrons. The highest BCUT2D eigenvalue weighted by Gasteiger charge is 2.25. The third-order valence-corrected chi connectivity index (χ3v) is 3.52. The van der Waals surface area contributed by atoms with Gasteiger partial charge in [0.05, 0.1) is 10.9 Å². The molecule has 0 atom stereocenters. The molecule has 4 nitrogen and oxygen atoms in total. The molecule has 0 fully saturated rings. The molecule has 1 aromatic carbocycles. The van der Waals surface area contributed by atoms with Crippen LogP contribution in [0.1, 0.15) is 19.4 Å². The van der Waals surface area contributed by atoms with Gasteiger partial charge in [0.2, 0.25) is 5.91 Å². The molecule has 0 aliphatic rings. The van der Waals surface area contributed by atoms with Crippen molar-refractivity contribution in [3.8, 4) is 0 Å². The average molecular weight is 344 g/mol. The number of carbonyl (C=O) groups is 1. The highest BCUT2D eigenvalue weighted by Crippen LogP contribution is 2.16. The van der Waals surface area contributed by atoms with E-state index in [2.05, 4.69) is 16.4 Å². The molecular formula is C16H23Cl2N3O. The summed E-state index contributed by atoms with van der Waals surface area (Å²) in [6, 6.07) is 10.1. The van der Waals surface area contributed by atoms with Crippen LogP contribution in [0.4, 0.5) is 0 Å². The lowest BCUT2D eigenvalue weighted by Gasteiger charge is -2.21. The van der Waals surface area contributed by atoms with Crippen molar-refractivity contribution in [3.05, 3.63) is 42.1 Å². The Morgan fingerprint density at radius 1 is 1.23 bits per heavy atom. The number of aromatic nitrogens is 1. The molecule has 0 unspecified atom stereocenters. The summed E-state index contributed by atoms with van der Waals surface area (Å²) in [7, 11) is 0. The standard InChI is InChI=1S/C16H21N3O.2ClH/c1-16(2,11-17)15(20)19-10-8-13-6-3-5-12-7-4-9-18-14(12)13;;/h3-7,9H,8,10-11,17H2,1-2H3,(H,19,20);2*1H. The summed E-state index contributed by atoms with van der Waals surface area (Å²) in [6.45, 7) is 4.64. The Bertz CT molecular complexity index is 612. The van der Waals surface area contributed by atoms with Crippen molar-refractivity contribution in [3.63, 3.8) is 0 Å². The first-order valence-corrected chi connectivity index (χ1v) is 6.85. The second kappa shape index (κ2) is 8.93. The van der Waals surface area contributed by atoms with Gasteiger partial charge in [-0.3, -0.25) is 9.78 Å². The Kier molecular flexibility index (Phi) is 8.38. The van der Waals surface area contributed by atoms with E-state index in [0.717, 1.165) is 22.9 Å². The topological polar surface area (TPSA) is 68.0 Å². The van der Waals surface area contributed by atoms with Crippen molar-refractivity contribution in [2.45, 2.75) is 20.3 Å². The first-order chi connectivity index (χ1) is 9.54. The summed E-state index contributed by atoms with van der Waals surface area (Å²) >= 11 is 0. The molecule has 3 N–H and O–H groups in total. The number of halogens is 2. The van der Waals surface area contributed by atoms with Gasteiger partial charge in [0.25, 0.3) is 0 Å². The molecule has 0 saturated carbocycles. The summed E-state index contributed by atoms with van der Waals surface area (Å²) < 4.78 is 0. The molecular weight excluding hydrogens is 321 g/mol. The van der Waals surface area contributed by atoms with E-state index in [1.807, 2.05) is 38.1 Å². The van der Waals surface area contributed by atoms with Crippen molar-refractivity contribution in [2.75, 3.05) is 13.1 Å². The first-order valence-electron chi connectivity index (χ1n) is 6.85. The van der Waals surface area contributed by atoms with Crippen LogP contribution in [0.15, 0.2) is 36.5 Å². The molecule has 122 valence electrons. The van der Waals surface area contributed by atoms with E-state index in [9.17, 15) is 4.79 Å². The summed E-state index contributed by atoms with van der Waals surface area (Å²) in [4.78, 5) is 16.4. The molecule has 22 heavy (non-hydrogen) atoms. The fourth-order valence-corrected chi connectivity index (χ4v) is 2.01. The number of nitrogens with zero attached hydrogens (tertiary/aromatic N) is 1. The number of pyridine rings is 1. The number of benzene rings is 1. The second-order valence-electron chi connectivity index (χ2n) is 5.59. The monoisotopic (exact) mass is 343 g/mol. The van der Waals surface area contributed by atoms with E-state index < -0.39 is 5.41 Å². The molecule has 2 aromatic rings. The van der Waals surface area contributed by atoms with E-state index in [-0.39, 0.29) is 30.7 Å². The van der Waals surface area contributed by atoms with Crippen LogP contribution in [0.2, 0.25) is 0 Å². The van der Waals surface area contributed by atoms with Gasteiger partial charge in [-0.15, -0.1) is 24.8 Å². The fourth-order valence-electron chi connectivity index (χ4n) is 2.01. The number of carbonyl (C=O) groups excluding carboxylic acids is 1. The number of amides is 1. The first kappa shape index (κ1) is 20.6. The van der Waals surface area contributed by atoms with Crippen LogP contribution in [0, 0.1) is 5.41 Å². The van der Waals surface area contributed by atoms with Crippen molar-refractivity contribution in [1.82, 2.24) is 10.3 Å². The maximum Gasteiger partial charge on any atom is 0.226 e. The van der Waals surface area contributed by atoms with E-state index in [4.69, 9.17) is 5.73 Å². The number of hydrogen-bond donors (Lipinski definition) is 2. The van der Waals surface area contributed by atoms with E-state index in [0.29, 0.717) is 13.1 Å². The van der Waals surface area contributed by atoms with Crippen molar-refractivity contribution < 1.29 is 4.79 Å². The Labute approximate surface area is 143 Å². The van der Waals surface area contributed by atoms with Gasteiger partial charge in [0.1, 0.15) is 0 Å². The largest absolute Gasteiger partial charge is 0.355 e. The van der Waals surface area contributed by atoms with Gasteiger partial charge in [-0.2, -0.15) is 0 Å². The zero-order valence-electron chi connectivity index (χ0n) is 12.8. The quantitative estimate of drug-likeness (QED) is 0.876. The smallest absolute Gasteiger partial charge is 0.226 e. The lowest BCUT2D eigenvalue weighted by molar-refractivity contribution is -0.128. The lowest BCUT2D eigenvalue weighted by atomic mass is 9.92. The zero-order chi connectivity index (χ0) is 14.6. The highest BCUT2D eigenvalue weighted by atomic mass is 35.5. The number of nitrogens with one attached hydrogen (secondary N) is 1. The van der Waals surface area contributed by atoms with Crippen LogP contribution in [0.3, 0.4) is 0 Å². The van der Waals surface area contributed by atoms with E-state index in [1.54, 1.807) is 6.20 Å². The molecule has 1 heterocycles. The predicted molar refractivity (Wildman–Crippen MR) is 95.8 cm³/mol. The van der Waals surface area contributed by atoms with Crippen molar-refractivity contribution in [1.29, 1.82) is 0 Å². The van der Waals surface area contributed by atoms with Gasteiger partial charge >= 0.3 is 0 Å². The molecule has 0 aliphatic heterocycles. The number of fused-ring (bicyclic) bond motifs is 1. The highest BCUT2D eigenvalue weighted by molar-refractivity contribution is 5.85. The molecule has 1 amide bonds. The summed E-state index contributed by atoms with van der Waals surface area (Å²) in [5.41, 5.74) is 7.23. The van der Waals surface area contributed by atoms with Gasteiger partial charge in [-0.05, 0) is 31.9 Å². The fraction of sp³-hybridized carbons (Fsp3) is 0.375. The SMILES string of the molecule is CC(C)(CN)C(=O)NCCc1cccc2cccnc12.Cl.Cl. The van der Waals surface area contributed by atoms with Crippen molar-refractivity contribution in [2.24, 2.45) is 11.1 Å². The van der Waals surface area contributed by atoms with Crippen LogP contribution < -0.4 is 11.1 Å². The molecule has 6 heteroatoms. The van der Waals surface area contributed by atoms with E-state index in [1.165, 1.54) is 0 Å². The Morgan fingerprint density at radius 3 is 2.59 bits per heavy atom. The minimum atomic E-state index is -0.517. The zero-order valence-corrected chi connectivity index (χ0v) is 14.5. The normalized spacial score (nSPS) is 10.5. The van der Waals surface area contributed by atoms with Gasteiger partial charge in [-0.25, -0.2) is 0 Å². The van der Waals surface area contributed by atoms with Gasteiger partial charge in [0, 0.05) is 24.7 Å². The van der Waals surface area contributed by atoms with Crippen LogP contribution in [-0.4, -0.2) is 24.0 Å². The molecule has 0 aliphatic carbocycles.